The first-order valence-electron chi connectivity index (χ1n) is 4.00. The van der Waals surface area contributed by atoms with Gasteiger partial charge in [-0.2, -0.15) is 0 Å². The average Bonchev–Trinajstić information content (AvgIpc) is 2.01. The molecule has 0 unspecified atom stereocenters. The van der Waals surface area contributed by atoms with Crippen LogP contribution in [0, 0.1) is 0 Å². The summed E-state index contributed by atoms with van der Waals surface area (Å²) >= 11 is 0. The Bertz CT molecular complexity index is 260. The average molecular weight is 209 g/mol. The van der Waals surface area contributed by atoms with Crippen molar-refractivity contribution in [2.75, 3.05) is 12.9 Å². The smallest absolute Gasteiger partial charge is 0.323 e. The van der Waals surface area contributed by atoms with Gasteiger partial charge < -0.3 is 4.74 Å². The maximum absolute atomic E-state index is 11.1. The molecule has 0 saturated heterocycles. The van der Waals surface area contributed by atoms with Crippen molar-refractivity contribution in [2.45, 2.75) is 26.3 Å². The normalized spacial score (nSPS) is 13.8. The van der Waals surface area contributed by atoms with Gasteiger partial charge in [0.05, 0.1) is 12.9 Å². The third kappa shape index (κ3) is 4.84. The highest BCUT2D eigenvalue weighted by Crippen LogP contribution is 1.93. The van der Waals surface area contributed by atoms with Crippen LogP contribution in [0.2, 0.25) is 0 Å². The molecule has 0 bridgehead atoms. The summed E-state index contributed by atoms with van der Waals surface area (Å²) in [5.74, 6) is -0.561. The van der Waals surface area contributed by atoms with Crippen molar-refractivity contribution in [1.29, 1.82) is 0 Å². The van der Waals surface area contributed by atoms with E-state index in [2.05, 4.69) is 9.46 Å². The summed E-state index contributed by atoms with van der Waals surface area (Å²) in [6.07, 6.45) is 0.517. The molecule has 0 aliphatic rings. The van der Waals surface area contributed by atoms with Gasteiger partial charge in [-0.1, -0.05) is 6.92 Å². The van der Waals surface area contributed by atoms with Crippen molar-refractivity contribution >= 4 is 16.0 Å². The van der Waals surface area contributed by atoms with E-state index in [0.717, 1.165) is 0 Å². The summed E-state index contributed by atoms with van der Waals surface area (Å²) in [6, 6.07) is -0.818. The maximum atomic E-state index is 11.1. The molecule has 1 N–H and O–H groups in total. The first-order valence-corrected chi connectivity index (χ1v) is 5.66. The highest BCUT2D eigenvalue weighted by atomic mass is 32.2. The summed E-state index contributed by atoms with van der Waals surface area (Å²) in [7, 11) is -2.12. The molecule has 0 aliphatic heterocycles. The first kappa shape index (κ1) is 12.4. The van der Waals surface area contributed by atoms with Crippen molar-refractivity contribution in [3.63, 3.8) is 0 Å². The predicted molar refractivity (Wildman–Crippen MR) is 48.7 cm³/mol. The second kappa shape index (κ2) is 5.18. The molecule has 0 aromatic heterocycles. The fraction of sp³-hybridized carbons (Fsp3) is 0.857. The number of hydrogen-bond acceptors (Lipinski definition) is 4. The van der Waals surface area contributed by atoms with Crippen molar-refractivity contribution in [1.82, 2.24) is 4.72 Å². The molecule has 0 saturated carbocycles. The van der Waals surface area contributed by atoms with Crippen LogP contribution in [0.3, 0.4) is 0 Å². The molecule has 0 radical (unpaired) electrons. The van der Waals surface area contributed by atoms with Crippen LogP contribution in [-0.4, -0.2) is 33.3 Å². The largest absolute Gasteiger partial charge is 0.468 e. The standard InChI is InChI=1S/C7H15NO4S/c1-4-5-13(10,11)8-6(2)7(9)12-3/h6,8H,4-5H2,1-3H3/t6-/m1/s1. The van der Waals surface area contributed by atoms with Crippen molar-refractivity contribution in [3.05, 3.63) is 0 Å². The van der Waals surface area contributed by atoms with Gasteiger partial charge in [0, 0.05) is 0 Å². The van der Waals surface area contributed by atoms with Gasteiger partial charge in [-0.25, -0.2) is 13.1 Å². The zero-order valence-corrected chi connectivity index (χ0v) is 8.85. The molecule has 0 heterocycles. The number of esters is 1. The number of hydrogen-bond donors (Lipinski definition) is 1. The molecular formula is C7H15NO4S. The van der Waals surface area contributed by atoms with Gasteiger partial charge in [-0.05, 0) is 13.3 Å². The van der Waals surface area contributed by atoms with Crippen molar-refractivity contribution in [3.8, 4) is 0 Å². The molecule has 13 heavy (non-hydrogen) atoms. The number of carbonyl (C=O) groups excluding carboxylic acids is 1. The Hall–Kier alpha value is -0.620. The SMILES string of the molecule is CCCS(=O)(=O)N[C@H](C)C(=O)OC. The van der Waals surface area contributed by atoms with Gasteiger partial charge >= 0.3 is 5.97 Å². The minimum absolute atomic E-state index is 0.0222. The third-order valence-electron chi connectivity index (χ3n) is 1.38. The number of rotatable bonds is 5. The lowest BCUT2D eigenvalue weighted by molar-refractivity contribution is -0.142. The Kier molecular flexibility index (Phi) is 4.94. The van der Waals surface area contributed by atoms with Gasteiger partial charge in [-0.15, -0.1) is 0 Å². The molecule has 6 heteroatoms. The summed E-state index contributed by atoms with van der Waals surface area (Å²) in [5.41, 5.74) is 0. The molecule has 5 nitrogen and oxygen atoms in total. The minimum Gasteiger partial charge on any atom is -0.468 e. The van der Waals surface area contributed by atoms with E-state index in [4.69, 9.17) is 0 Å². The topological polar surface area (TPSA) is 72.5 Å². The lowest BCUT2D eigenvalue weighted by Gasteiger charge is -2.10. The number of methoxy groups -OCH3 is 1. The van der Waals surface area contributed by atoms with Crippen LogP contribution in [-0.2, 0) is 19.6 Å². The number of carbonyl (C=O) groups is 1. The molecule has 1 atom stereocenters. The summed E-state index contributed by atoms with van der Waals surface area (Å²) in [4.78, 5) is 10.8. The zero-order valence-electron chi connectivity index (χ0n) is 8.03. The van der Waals surface area contributed by atoms with E-state index < -0.39 is 22.0 Å². The number of ether oxygens (including phenoxy) is 1. The van der Waals surface area contributed by atoms with Crippen LogP contribution in [0.15, 0.2) is 0 Å². The molecular weight excluding hydrogens is 194 g/mol. The van der Waals surface area contributed by atoms with Crippen LogP contribution < -0.4 is 4.72 Å². The Labute approximate surface area is 78.5 Å². The monoisotopic (exact) mass is 209 g/mol. The molecule has 0 aliphatic carbocycles. The van der Waals surface area contributed by atoms with Crippen LogP contribution >= 0.6 is 0 Å². The lowest BCUT2D eigenvalue weighted by Crippen LogP contribution is -2.40. The van der Waals surface area contributed by atoms with E-state index in [1.807, 2.05) is 0 Å². The Morgan fingerprint density at radius 2 is 2.08 bits per heavy atom. The van der Waals surface area contributed by atoms with Gasteiger partial charge in [-0.3, -0.25) is 4.79 Å². The second-order valence-electron chi connectivity index (χ2n) is 2.68. The van der Waals surface area contributed by atoms with Crippen LogP contribution in [0.25, 0.3) is 0 Å². The van der Waals surface area contributed by atoms with E-state index in [0.29, 0.717) is 6.42 Å². The number of sulfonamides is 1. The predicted octanol–water partition coefficient (Wildman–Crippen LogP) is -0.123. The van der Waals surface area contributed by atoms with Gasteiger partial charge in [0.25, 0.3) is 0 Å². The second-order valence-corrected chi connectivity index (χ2v) is 4.56. The van der Waals surface area contributed by atoms with Gasteiger partial charge in [0.15, 0.2) is 0 Å². The highest BCUT2D eigenvalue weighted by molar-refractivity contribution is 7.89. The molecule has 0 rings (SSSR count). The van der Waals surface area contributed by atoms with E-state index >= 15 is 0 Å². The first-order chi connectivity index (χ1) is 5.93. The third-order valence-corrected chi connectivity index (χ3v) is 3.04. The summed E-state index contributed by atoms with van der Waals surface area (Å²) in [6.45, 7) is 3.20. The van der Waals surface area contributed by atoms with E-state index in [-0.39, 0.29) is 5.75 Å². The van der Waals surface area contributed by atoms with Crippen LogP contribution in [0.1, 0.15) is 20.3 Å². The molecule has 0 aromatic carbocycles. The molecule has 0 fully saturated rings. The highest BCUT2D eigenvalue weighted by Gasteiger charge is 2.19. The molecule has 0 spiro atoms. The Balaban J connectivity index is 4.20. The summed E-state index contributed by atoms with van der Waals surface area (Å²) in [5, 5.41) is 0. The Morgan fingerprint density at radius 3 is 2.46 bits per heavy atom. The van der Waals surface area contributed by atoms with E-state index in [1.54, 1.807) is 6.92 Å². The quantitative estimate of drug-likeness (QED) is 0.640. The maximum Gasteiger partial charge on any atom is 0.323 e. The summed E-state index contributed by atoms with van der Waals surface area (Å²) < 4.78 is 28.9. The van der Waals surface area contributed by atoms with Crippen LogP contribution in [0.5, 0.6) is 0 Å². The van der Waals surface area contributed by atoms with Gasteiger partial charge in [0.1, 0.15) is 6.04 Å². The van der Waals surface area contributed by atoms with Crippen molar-refractivity contribution < 1.29 is 17.9 Å². The van der Waals surface area contributed by atoms with E-state index in [1.165, 1.54) is 14.0 Å². The van der Waals surface area contributed by atoms with Gasteiger partial charge in [0.2, 0.25) is 10.0 Å². The zero-order chi connectivity index (χ0) is 10.5. The lowest BCUT2D eigenvalue weighted by atomic mass is 10.4. The molecule has 0 aromatic rings. The van der Waals surface area contributed by atoms with Crippen LogP contribution in [0.4, 0.5) is 0 Å². The fourth-order valence-electron chi connectivity index (χ4n) is 0.822. The molecule has 78 valence electrons. The number of nitrogens with one attached hydrogen (secondary N) is 1. The Morgan fingerprint density at radius 1 is 1.54 bits per heavy atom. The van der Waals surface area contributed by atoms with E-state index in [9.17, 15) is 13.2 Å². The fourth-order valence-corrected chi connectivity index (χ4v) is 2.11. The van der Waals surface area contributed by atoms with Crippen molar-refractivity contribution in [2.24, 2.45) is 0 Å². The minimum atomic E-state index is -3.34. The molecule has 0 amide bonds.